The molecule has 21 heavy (non-hydrogen) atoms. The van der Waals surface area contributed by atoms with Crippen LogP contribution in [0.25, 0.3) is 0 Å². The molecular formula is C15H22FN3O2. The molecule has 1 aliphatic heterocycles. The van der Waals surface area contributed by atoms with Crippen molar-refractivity contribution >= 4 is 17.3 Å². The van der Waals surface area contributed by atoms with Gasteiger partial charge in [0.15, 0.2) is 0 Å². The number of carbonyl (C=O) groups excluding carboxylic acids is 1. The first-order chi connectivity index (χ1) is 9.93. The standard InChI is InChI=1S/C15H22FN3O2/c1-9-5-6-19(14(9)8-20)10(2)15(21)18-11-3-4-12(16)13(17)7-11/h3-4,7,9-10,14,20H,5-6,8,17H2,1-2H3,(H,18,21). The molecular weight excluding hydrogens is 273 g/mol. The fraction of sp³-hybridized carbons (Fsp3) is 0.533. The summed E-state index contributed by atoms with van der Waals surface area (Å²) in [4.78, 5) is 14.3. The van der Waals surface area contributed by atoms with Crippen LogP contribution in [0.2, 0.25) is 0 Å². The van der Waals surface area contributed by atoms with E-state index in [0.717, 1.165) is 13.0 Å². The van der Waals surface area contributed by atoms with E-state index in [2.05, 4.69) is 12.2 Å². The van der Waals surface area contributed by atoms with Crippen molar-refractivity contribution in [3.05, 3.63) is 24.0 Å². The molecule has 1 aromatic rings. The number of halogens is 1. The van der Waals surface area contributed by atoms with Gasteiger partial charge in [-0.15, -0.1) is 0 Å². The predicted molar refractivity (Wildman–Crippen MR) is 80.3 cm³/mol. The third kappa shape index (κ3) is 3.33. The molecule has 0 saturated carbocycles. The number of benzene rings is 1. The molecule has 0 radical (unpaired) electrons. The summed E-state index contributed by atoms with van der Waals surface area (Å²) in [6.45, 7) is 4.71. The summed E-state index contributed by atoms with van der Waals surface area (Å²) in [5.41, 5.74) is 5.96. The zero-order valence-corrected chi connectivity index (χ0v) is 12.3. The lowest BCUT2D eigenvalue weighted by Gasteiger charge is -2.30. The number of aliphatic hydroxyl groups is 1. The van der Waals surface area contributed by atoms with Gasteiger partial charge in [-0.2, -0.15) is 0 Å². The van der Waals surface area contributed by atoms with Crippen LogP contribution in [0.4, 0.5) is 15.8 Å². The maximum atomic E-state index is 13.1. The van der Waals surface area contributed by atoms with E-state index in [9.17, 15) is 14.3 Å². The highest BCUT2D eigenvalue weighted by Gasteiger charge is 2.36. The molecule has 3 atom stereocenters. The van der Waals surface area contributed by atoms with Crippen molar-refractivity contribution in [3.63, 3.8) is 0 Å². The first kappa shape index (κ1) is 15.7. The number of nitrogens with zero attached hydrogens (tertiary/aromatic N) is 1. The Morgan fingerprint density at radius 2 is 2.33 bits per heavy atom. The van der Waals surface area contributed by atoms with Gasteiger partial charge in [0.2, 0.25) is 5.91 Å². The van der Waals surface area contributed by atoms with Crippen molar-refractivity contribution in [3.8, 4) is 0 Å². The Kier molecular flexibility index (Phi) is 4.80. The van der Waals surface area contributed by atoms with Crippen LogP contribution in [0.3, 0.4) is 0 Å². The molecule has 3 unspecified atom stereocenters. The fourth-order valence-electron chi connectivity index (χ4n) is 2.82. The van der Waals surface area contributed by atoms with Crippen LogP contribution in [0, 0.1) is 11.7 Å². The highest BCUT2D eigenvalue weighted by atomic mass is 19.1. The first-order valence-electron chi connectivity index (χ1n) is 7.16. The SMILES string of the molecule is CC1CCN(C(C)C(=O)Nc2ccc(F)c(N)c2)C1CO. The van der Waals surface area contributed by atoms with Crippen LogP contribution < -0.4 is 11.1 Å². The molecule has 116 valence electrons. The maximum absolute atomic E-state index is 13.1. The zero-order valence-electron chi connectivity index (χ0n) is 12.3. The number of rotatable bonds is 4. The molecule has 4 N–H and O–H groups in total. The van der Waals surface area contributed by atoms with E-state index >= 15 is 0 Å². The topological polar surface area (TPSA) is 78.6 Å². The van der Waals surface area contributed by atoms with Gasteiger partial charge in [0.1, 0.15) is 5.82 Å². The quantitative estimate of drug-likeness (QED) is 0.734. The lowest BCUT2D eigenvalue weighted by Crippen LogP contribution is -2.47. The predicted octanol–water partition coefficient (Wildman–Crippen LogP) is 1.44. The van der Waals surface area contributed by atoms with Gasteiger partial charge >= 0.3 is 0 Å². The van der Waals surface area contributed by atoms with Crippen molar-refractivity contribution in [2.45, 2.75) is 32.4 Å². The number of carbonyl (C=O) groups is 1. The summed E-state index contributed by atoms with van der Waals surface area (Å²) >= 11 is 0. The molecule has 1 amide bonds. The Bertz CT molecular complexity index is 524. The van der Waals surface area contributed by atoms with Gasteiger partial charge < -0.3 is 16.2 Å². The maximum Gasteiger partial charge on any atom is 0.241 e. The fourth-order valence-corrected chi connectivity index (χ4v) is 2.82. The Hall–Kier alpha value is -1.66. The van der Waals surface area contributed by atoms with Crippen molar-refractivity contribution in [1.29, 1.82) is 0 Å². The second-order valence-corrected chi connectivity index (χ2v) is 5.66. The number of nitrogen functional groups attached to an aromatic ring is 1. The van der Waals surface area contributed by atoms with Crippen molar-refractivity contribution in [2.24, 2.45) is 5.92 Å². The first-order valence-corrected chi connectivity index (χ1v) is 7.16. The monoisotopic (exact) mass is 295 g/mol. The average Bonchev–Trinajstić information content (AvgIpc) is 2.82. The molecule has 1 aromatic carbocycles. The van der Waals surface area contributed by atoms with E-state index in [4.69, 9.17) is 5.73 Å². The van der Waals surface area contributed by atoms with Crippen LogP contribution in [-0.2, 0) is 4.79 Å². The zero-order chi connectivity index (χ0) is 15.6. The summed E-state index contributed by atoms with van der Waals surface area (Å²) in [5, 5.41) is 12.2. The third-order valence-corrected chi connectivity index (χ3v) is 4.25. The summed E-state index contributed by atoms with van der Waals surface area (Å²) in [6, 6.07) is 3.74. The number of hydrogen-bond donors (Lipinski definition) is 3. The minimum absolute atomic E-state index is 0.00322. The van der Waals surface area contributed by atoms with E-state index in [1.54, 1.807) is 0 Å². The molecule has 2 rings (SSSR count). The van der Waals surface area contributed by atoms with Gasteiger partial charge in [-0.25, -0.2) is 4.39 Å². The van der Waals surface area contributed by atoms with Crippen LogP contribution >= 0.6 is 0 Å². The van der Waals surface area contributed by atoms with Crippen molar-refractivity contribution in [2.75, 3.05) is 24.2 Å². The summed E-state index contributed by atoms with van der Waals surface area (Å²) in [7, 11) is 0. The molecule has 0 spiro atoms. The molecule has 6 heteroatoms. The summed E-state index contributed by atoms with van der Waals surface area (Å²) < 4.78 is 13.1. The number of nitrogens with two attached hydrogens (primary N) is 1. The van der Waals surface area contributed by atoms with Gasteiger partial charge in [-0.05, 0) is 44.0 Å². The van der Waals surface area contributed by atoms with Crippen molar-refractivity contribution in [1.82, 2.24) is 4.90 Å². The van der Waals surface area contributed by atoms with Crippen molar-refractivity contribution < 1.29 is 14.3 Å². The molecule has 1 aliphatic rings. The minimum atomic E-state index is -0.505. The normalized spacial score (nSPS) is 24.0. The van der Waals surface area contributed by atoms with Gasteiger partial charge in [0, 0.05) is 11.7 Å². The van der Waals surface area contributed by atoms with E-state index < -0.39 is 5.82 Å². The molecule has 1 saturated heterocycles. The number of nitrogens with one attached hydrogen (secondary N) is 1. The minimum Gasteiger partial charge on any atom is -0.396 e. The second kappa shape index (κ2) is 6.41. The number of aliphatic hydroxyl groups excluding tert-OH is 1. The molecule has 1 heterocycles. The summed E-state index contributed by atoms with van der Waals surface area (Å²) in [6.07, 6.45) is 0.965. The Morgan fingerprint density at radius 3 is 2.95 bits per heavy atom. The Morgan fingerprint density at radius 1 is 1.62 bits per heavy atom. The number of amides is 1. The third-order valence-electron chi connectivity index (χ3n) is 4.25. The van der Waals surface area contributed by atoms with Gasteiger partial charge in [-0.3, -0.25) is 9.69 Å². The molecule has 1 fully saturated rings. The second-order valence-electron chi connectivity index (χ2n) is 5.66. The number of anilines is 2. The molecule has 0 aromatic heterocycles. The molecule has 0 aliphatic carbocycles. The lowest BCUT2D eigenvalue weighted by molar-refractivity contribution is -0.121. The summed E-state index contributed by atoms with van der Waals surface area (Å²) in [5.74, 6) is -0.324. The highest BCUT2D eigenvalue weighted by Crippen LogP contribution is 2.26. The van der Waals surface area contributed by atoms with Gasteiger partial charge in [0.25, 0.3) is 0 Å². The Balaban J connectivity index is 2.04. The van der Waals surface area contributed by atoms with Gasteiger partial charge in [-0.1, -0.05) is 6.92 Å². The van der Waals surface area contributed by atoms with E-state index in [0.29, 0.717) is 11.6 Å². The van der Waals surface area contributed by atoms with Gasteiger partial charge in [0.05, 0.1) is 18.3 Å². The van der Waals surface area contributed by atoms with Crippen LogP contribution in [-0.4, -0.2) is 41.1 Å². The number of likely N-dealkylation sites (tertiary alicyclic amines) is 1. The Labute approximate surface area is 123 Å². The van der Waals surface area contributed by atoms with E-state index in [1.165, 1.54) is 18.2 Å². The lowest BCUT2D eigenvalue weighted by atomic mass is 10.0. The molecule has 0 bridgehead atoms. The smallest absolute Gasteiger partial charge is 0.241 e. The average molecular weight is 295 g/mol. The number of hydrogen-bond acceptors (Lipinski definition) is 4. The highest BCUT2D eigenvalue weighted by molar-refractivity contribution is 5.95. The van der Waals surface area contributed by atoms with E-state index in [1.807, 2.05) is 11.8 Å². The van der Waals surface area contributed by atoms with Crippen LogP contribution in [0.15, 0.2) is 18.2 Å². The van der Waals surface area contributed by atoms with Crippen LogP contribution in [0.1, 0.15) is 20.3 Å². The van der Waals surface area contributed by atoms with Crippen LogP contribution in [0.5, 0.6) is 0 Å². The van der Waals surface area contributed by atoms with E-state index in [-0.39, 0.29) is 30.3 Å². The molecule has 5 nitrogen and oxygen atoms in total. The largest absolute Gasteiger partial charge is 0.396 e.